The van der Waals surface area contributed by atoms with Crippen molar-refractivity contribution < 1.29 is 14.6 Å². The molecule has 0 radical (unpaired) electrons. The van der Waals surface area contributed by atoms with Gasteiger partial charge in [-0.05, 0) is 30.7 Å². The number of hydrogen-bond donors (Lipinski definition) is 1. The molecule has 1 unspecified atom stereocenters. The lowest BCUT2D eigenvalue weighted by Crippen LogP contribution is -2.40. The highest BCUT2D eigenvalue weighted by Crippen LogP contribution is 2.38. The molecule has 1 aliphatic heterocycles. The van der Waals surface area contributed by atoms with Gasteiger partial charge in [-0.25, -0.2) is 0 Å². The van der Waals surface area contributed by atoms with Crippen LogP contribution in [0.2, 0.25) is 10.0 Å². The summed E-state index contributed by atoms with van der Waals surface area (Å²) in [6, 6.07) is 8.89. The summed E-state index contributed by atoms with van der Waals surface area (Å²) in [6.07, 6.45) is 3.90. The third-order valence-electron chi connectivity index (χ3n) is 4.21. The lowest BCUT2D eigenvalue weighted by molar-refractivity contribution is -0.184. The Hall–Kier alpha value is -1.17. The van der Waals surface area contributed by atoms with E-state index in [0.29, 0.717) is 35.2 Å². The van der Waals surface area contributed by atoms with Gasteiger partial charge in [0.25, 0.3) is 0 Å². The Bertz CT molecular complexity index is 705. The zero-order valence-electron chi connectivity index (χ0n) is 13.3. The largest absolute Gasteiger partial charge is 0.385 e. The monoisotopic (exact) mass is 367 g/mol. The molecule has 1 aromatic carbocycles. The Morgan fingerprint density at radius 1 is 1.25 bits per heavy atom. The van der Waals surface area contributed by atoms with Crippen LogP contribution in [-0.4, -0.2) is 29.1 Å². The van der Waals surface area contributed by atoms with Crippen LogP contribution in [0, 0.1) is 0 Å². The number of ether oxygens (including phenoxy) is 2. The molecule has 1 atom stereocenters. The highest BCUT2D eigenvalue weighted by Gasteiger charge is 2.42. The molecule has 1 aliphatic rings. The Morgan fingerprint density at radius 3 is 2.62 bits per heavy atom. The predicted molar refractivity (Wildman–Crippen MR) is 93.2 cm³/mol. The van der Waals surface area contributed by atoms with E-state index >= 15 is 0 Å². The molecule has 0 bridgehead atoms. The van der Waals surface area contributed by atoms with Gasteiger partial charge >= 0.3 is 0 Å². The Morgan fingerprint density at radius 2 is 2.00 bits per heavy atom. The van der Waals surface area contributed by atoms with Crippen molar-refractivity contribution in [3.8, 4) is 0 Å². The van der Waals surface area contributed by atoms with Crippen LogP contribution in [0.5, 0.6) is 0 Å². The fourth-order valence-electron chi connectivity index (χ4n) is 3.07. The van der Waals surface area contributed by atoms with E-state index < -0.39 is 11.4 Å². The van der Waals surface area contributed by atoms with Crippen molar-refractivity contribution >= 4 is 23.2 Å². The van der Waals surface area contributed by atoms with E-state index in [0.717, 1.165) is 5.56 Å². The first-order valence-corrected chi connectivity index (χ1v) is 8.51. The minimum absolute atomic E-state index is 0.269. The quantitative estimate of drug-likeness (QED) is 0.868. The fourth-order valence-corrected chi connectivity index (χ4v) is 3.55. The van der Waals surface area contributed by atoms with Crippen molar-refractivity contribution in [2.24, 2.45) is 0 Å². The Labute approximate surface area is 151 Å². The SMILES string of the molecule is CC1(CC(O)(Cc2ccc(Cl)cc2Cl)c2cccnc2)OCCO1. The van der Waals surface area contributed by atoms with Crippen molar-refractivity contribution in [2.45, 2.75) is 31.2 Å². The third-order valence-corrected chi connectivity index (χ3v) is 4.80. The molecule has 1 saturated heterocycles. The molecule has 0 amide bonds. The van der Waals surface area contributed by atoms with Crippen LogP contribution in [0.1, 0.15) is 24.5 Å². The fraction of sp³-hybridized carbons (Fsp3) is 0.389. The average molecular weight is 368 g/mol. The normalized spacial score (nSPS) is 19.2. The minimum Gasteiger partial charge on any atom is -0.385 e. The summed E-state index contributed by atoms with van der Waals surface area (Å²) in [5.41, 5.74) is 0.260. The molecular weight excluding hydrogens is 349 g/mol. The lowest BCUT2D eigenvalue weighted by atomic mass is 9.82. The van der Waals surface area contributed by atoms with Gasteiger partial charge in [-0.3, -0.25) is 4.98 Å². The summed E-state index contributed by atoms with van der Waals surface area (Å²) in [7, 11) is 0. The number of rotatable bonds is 5. The standard InChI is InChI=1S/C18H19Cl2NO3/c1-17(23-7-8-24-17)12-18(22,14-3-2-6-21-11-14)10-13-4-5-15(19)9-16(13)20/h2-6,9,11,22H,7-8,10,12H2,1H3. The van der Waals surface area contributed by atoms with E-state index in [4.69, 9.17) is 32.7 Å². The summed E-state index contributed by atoms with van der Waals surface area (Å²) in [4.78, 5) is 4.13. The Kier molecular flexibility index (Phi) is 5.13. The number of nitrogens with zero attached hydrogens (tertiary/aromatic N) is 1. The first-order chi connectivity index (χ1) is 11.4. The predicted octanol–water partition coefficient (Wildman–Crippen LogP) is 3.97. The van der Waals surface area contributed by atoms with Gasteiger partial charge in [-0.2, -0.15) is 0 Å². The second-order valence-corrected chi connectivity index (χ2v) is 7.04. The summed E-state index contributed by atoms with van der Waals surface area (Å²) in [5.74, 6) is -0.844. The molecule has 3 rings (SSSR count). The maximum absolute atomic E-state index is 11.5. The van der Waals surface area contributed by atoms with E-state index in [9.17, 15) is 5.11 Å². The number of halogens is 2. The van der Waals surface area contributed by atoms with Gasteiger partial charge in [0.2, 0.25) is 0 Å². The molecule has 6 heteroatoms. The molecule has 2 aromatic rings. The number of pyridine rings is 1. The molecule has 1 N–H and O–H groups in total. The molecule has 0 aliphatic carbocycles. The highest BCUT2D eigenvalue weighted by molar-refractivity contribution is 6.35. The third kappa shape index (κ3) is 3.90. The minimum atomic E-state index is -1.23. The van der Waals surface area contributed by atoms with Gasteiger partial charge < -0.3 is 14.6 Å². The van der Waals surface area contributed by atoms with Crippen molar-refractivity contribution in [1.82, 2.24) is 4.98 Å². The molecule has 24 heavy (non-hydrogen) atoms. The van der Waals surface area contributed by atoms with Crippen LogP contribution in [0.25, 0.3) is 0 Å². The molecule has 2 heterocycles. The van der Waals surface area contributed by atoms with Crippen molar-refractivity contribution in [3.05, 3.63) is 63.9 Å². The van der Waals surface area contributed by atoms with Crippen LogP contribution >= 0.6 is 23.2 Å². The van der Waals surface area contributed by atoms with E-state index in [1.807, 2.05) is 19.1 Å². The molecular formula is C18H19Cl2NO3. The maximum Gasteiger partial charge on any atom is 0.168 e. The summed E-state index contributed by atoms with van der Waals surface area (Å²) in [6.45, 7) is 2.87. The van der Waals surface area contributed by atoms with Crippen molar-refractivity contribution in [2.75, 3.05) is 13.2 Å². The maximum atomic E-state index is 11.5. The van der Waals surface area contributed by atoms with Crippen LogP contribution in [0.15, 0.2) is 42.7 Å². The Balaban J connectivity index is 1.95. The summed E-state index contributed by atoms with van der Waals surface area (Å²) in [5, 5.41) is 12.5. The van der Waals surface area contributed by atoms with E-state index in [1.54, 1.807) is 30.6 Å². The first kappa shape index (κ1) is 17.6. The zero-order chi connectivity index (χ0) is 17.2. The van der Waals surface area contributed by atoms with Gasteiger partial charge in [0.15, 0.2) is 5.79 Å². The van der Waals surface area contributed by atoms with Gasteiger partial charge in [0, 0.05) is 40.8 Å². The number of benzene rings is 1. The van der Waals surface area contributed by atoms with Crippen LogP contribution in [0.3, 0.4) is 0 Å². The van der Waals surface area contributed by atoms with Gasteiger partial charge in [0.05, 0.1) is 13.2 Å². The zero-order valence-corrected chi connectivity index (χ0v) is 14.8. The van der Waals surface area contributed by atoms with Crippen molar-refractivity contribution in [1.29, 1.82) is 0 Å². The molecule has 128 valence electrons. The molecule has 0 saturated carbocycles. The topological polar surface area (TPSA) is 51.6 Å². The van der Waals surface area contributed by atoms with Crippen LogP contribution in [-0.2, 0) is 21.5 Å². The second kappa shape index (κ2) is 6.98. The van der Waals surface area contributed by atoms with E-state index in [1.165, 1.54) is 0 Å². The number of aliphatic hydroxyl groups is 1. The average Bonchev–Trinajstić information content (AvgIpc) is 2.97. The molecule has 1 aromatic heterocycles. The van der Waals surface area contributed by atoms with Gasteiger partial charge in [-0.1, -0.05) is 35.3 Å². The van der Waals surface area contributed by atoms with E-state index in [2.05, 4.69) is 4.98 Å². The van der Waals surface area contributed by atoms with Gasteiger partial charge in [-0.15, -0.1) is 0 Å². The highest BCUT2D eigenvalue weighted by atomic mass is 35.5. The smallest absolute Gasteiger partial charge is 0.168 e. The summed E-state index contributed by atoms with van der Waals surface area (Å²) < 4.78 is 11.4. The second-order valence-electron chi connectivity index (χ2n) is 6.19. The van der Waals surface area contributed by atoms with Crippen LogP contribution < -0.4 is 0 Å². The number of aromatic nitrogens is 1. The van der Waals surface area contributed by atoms with Crippen LogP contribution in [0.4, 0.5) is 0 Å². The molecule has 1 fully saturated rings. The first-order valence-electron chi connectivity index (χ1n) is 7.75. The summed E-state index contributed by atoms with van der Waals surface area (Å²) >= 11 is 12.3. The van der Waals surface area contributed by atoms with Crippen molar-refractivity contribution in [3.63, 3.8) is 0 Å². The molecule has 4 nitrogen and oxygen atoms in total. The van der Waals surface area contributed by atoms with E-state index in [-0.39, 0.29) is 6.42 Å². The van der Waals surface area contributed by atoms with Gasteiger partial charge in [0.1, 0.15) is 5.60 Å². The lowest BCUT2D eigenvalue weighted by Gasteiger charge is -2.35. The number of hydrogen-bond acceptors (Lipinski definition) is 4. The molecule has 0 spiro atoms.